The number of hydrogen-bond donors (Lipinski definition) is 2. The van der Waals surface area contributed by atoms with Crippen LogP contribution in [0.2, 0.25) is 0 Å². The molecule has 1 aromatic rings. The molecule has 0 heterocycles. The van der Waals surface area contributed by atoms with E-state index < -0.39 is 33.6 Å². The first kappa shape index (κ1) is 17.4. The number of aromatic hydroxyl groups is 1. The predicted molar refractivity (Wildman–Crippen MR) is 77.5 cm³/mol. The molecule has 0 aromatic heterocycles. The fourth-order valence-electron chi connectivity index (χ4n) is 1.68. The summed E-state index contributed by atoms with van der Waals surface area (Å²) in [7, 11) is 0. The van der Waals surface area contributed by atoms with Gasteiger partial charge < -0.3 is 20.0 Å². The van der Waals surface area contributed by atoms with Crippen molar-refractivity contribution in [3.8, 4) is 5.75 Å². The number of nitro benzene ring substituents is 1. The van der Waals surface area contributed by atoms with Crippen molar-refractivity contribution in [2.75, 3.05) is 0 Å². The number of rotatable bonds is 4. The molecule has 1 rings (SSSR count). The number of carbonyl (C=O) groups excluding carboxylic acids is 2. The van der Waals surface area contributed by atoms with Gasteiger partial charge in [0.05, 0.1) is 4.92 Å². The molecule has 0 radical (unpaired) electrons. The molecule has 1 unspecified atom stereocenters. The van der Waals surface area contributed by atoms with Crippen molar-refractivity contribution in [3.63, 3.8) is 0 Å². The van der Waals surface area contributed by atoms with Crippen LogP contribution >= 0.6 is 0 Å². The molecule has 120 valence electrons. The molecule has 0 aliphatic carbocycles. The Morgan fingerprint density at radius 1 is 1.36 bits per heavy atom. The Balaban J connectivity index is 3.13. The Hall–Kier alpha value is -2.64. The van der Waals surface area contributed by atoms with E-state index in [4.69, 9.17) is 4.74 Å². The zero-order valence-corrected chi connectivity index (χ0v) is 12.7. The number of aldehydes is 1. The van der Waals surface area contributed by atoms with E-state index in [0.29, 0.717) is 6.29 Å². The Morgan fingerprint density at radius 3 is 2.41 bits per heavy atom. The number of nitrogens with zero attached hydrogens (tertiary/aromatic N) is 1. The maximum atomic E-state index is 11.8. The van der Waals surface area contributed by atoms with E-state index in [1.54, 1.807) is 20.8 Å². The minimum atomic E-state index is -1.53. The standard InChI is InChI=1S/C14H18N2O6/c1-13(2,3)22-12(19)15-14(4,8-17)9-5-6-11(18)10(7-9)16(20)21/h5-8,18H,1-4H3,(H,15,19). The molecule has 8 heteroatoms. The van der Waals surface area contributed by atoms with Gasteiger partial charge in [0.15, 0.2) is 5.75 Å². The number of phenols is 1. The topological polar surface area (TPSA) is 119 Å². The second-order valence-electron chi connectivity index (χ2n) is 5.91. The number of benzene rings is 1. The SMILES string of the molecule is CC(C)(C)OC(=O)NC(C)(C=O)c1ccc(O)c([N+](=O)[O-])c1. The van der Waals surface area contributed by atoms with Gasteiger partial charge >= 0.3 is 11.8 Å². The second kappa shape index (κ2) is 6.00. The molecule has 1 atom stereocenters. The number of phenolic OH excluding ortho intramolecular Hbond substituents is 1. The number of amides is 1. The molecule has 0 fully saturated rings. The van der Waals surface area contributed by atoms with Crippen LogP contribution in [-0.4, -0.2) is 28.0 Å². The first-order valence-corrected chi connectivity index (χ1v) is 6.44. The highest BCUT2D eigenvalue weighted by Crippen LogP contribution is 2.30. The third-order valence-corrected chi connectivity index (χ3v) is 2.77. The van der Waals surface area contributed by atoms with Gasteiger partial charge in [-0.1, -0.05) is 6.07 Å². The number of alkyl carbamates (subject to hydrolysis) is 1. The minimum Gasteiger partial charge on any atom is -0.502 e. The molecule has 1 aromatic carbocycles. The van der Waals surface area contributed by atoms with Crippen molar-refractivity contribution in [2.24, 2.45) is 0 Å². The van der Waals surface area contributed by atoms with E-state index in [2.05, 4.69) is 5.32 Å². The molecule has 8 nitrogen and oxygen atoms in total. The van der Waals surface area contributed by atoms with Crippen LogP contribution in [-0.2, 0) is 15.1 Å². The van der Waals surface area contributed by atoms with Crippen LogP contribution in [0.15, 0.2) is 18.2 Å². The van der Waals surface area contributed by atoms with Gasteiger partial charge in [0.2, 0.25) is 0 Å². The zero-order chi connectivity index (χ0) is 17.1. The fraction of sp³-hybridized carbons (Fsp3) is 0.429. The van der Waals surface area contributed by atoms with E-state index in [-0.39, 0.29) is 5.56 Å². The van der Waals surface area contributed by atoms with Crippen molar-refractivity contribution in [1.82, 2.24) is 5.32 Å². The number of nitrogens with one attached hydrogen (secondary N) is 1. The van der Waals surface area contributed by atoms with Gasteiger partial charge in [-0.05, 0) is 39.3 Å². The Morgan fingerprint density at radius 2 is 1.95 bits per heavy atom. The third-order valence-electron chi connectivity index (χ3n) is 2.77. The van der Waals surface area contributed by atoms with Crippen LogP contribution < -0.4 is 5.32 Å². The van der Waals surface area contributed by atoms with Crippen molar-refractivity contribution >= 4 is 18.1 Å². The fourth-order valence-corrected chi connectivity index (χ4v) is 1.68. The average molecular weight is 310 g/mol. The lowest BCUT2D eigenvalue weighted by Gasteiger charge is -2.27. The summed E-state index contributed by atoms with van der Waals surface area (Å²) in [6, 6.07) is 3.43. The quantitative estimate of drug-likeness (QED) is 0.500. The molecule has 0 aliphatic heterocycles. The highest BCUT2D eigenvalue weighted by molar-refractivity contribution is 5.78. The summed E-state index contributed by atoms with van der Waals surface area (Å²) in [6.07, 6.45) is -0.398. The summed E-state index contributed by atoms with van der Waals surface area (Å²) in [5.74, 6) is -0.528. The van der Waals surface area contributed by atoms with Crippen LogP contribution in [0.5, 0.6) is 5.75 Å². The second-order valence-corrected chi connectivity index (χ2v) is 5.91. The Bertz CT molecular complexity index is 608. The average Bonchev–Trinajstić information content (AvgIpc) is 2.36. The lowest BCUT2D eigenvalue weighted by Crippen LogP contribution is -2.46. The van der Waals surface area contributed by atoms with E-state index in [9.17, 15) is 24.8 Å². The lowest BCUT2D eigenvalue weighted by molar-refractivity contribution is -0.386. The van der Waals surface area contributed by atoms with Gasteiger partial charge in [-0.2, -0.15) is 0 Å². The van der Waals surface area contributed by atoms with Crippen LogP contribution in [0.3, 0.4) is 0 Å². The van der Waals surface area contributed by atoms with E-state index in [1.807, 2.05) is 0 Å². The number of hydrogen-bond acceptors (Lipinski definition) is 6. The summed E-state index contributed by atoms with van der Waals surface area (Å²) in [4.78, 5) is 33.3. The van der Waals surface area contributed by atoms with Gasteiger partial charge in [-0.25, -0.2) is 4.79 Å². The predicted octanol–water partition coefficient (Wildman–Crippen LogP) is 2.24. The summed E-state index contributed by atoms with van der Waals surface area (Å²) < 4.78 is 5.07. The van der Waals surface area contributed by atoms with Gasteiger partial charge in [-0.3, -0.25) is 10.1 Å². The molecular weight excluding hydrogens is 292 g/mol. The zero-order valence-electron chi connectivity index (χ0n) is 12.7. The maximum absolute atomic E-state index is 11.8. The van der Waals surface area contributed by atoms with Gasteiger partial charge in [0, 0.05) is 6.07 Å². The number of ether oxygens (including phenoxy) is 1. The first-order chi connectivity index (χ1) is 9.98. The normalized spacial score (nSPS) is 13.8. The van der Waals surface area contributed by atoms with Crippen LogP contribution in [0.1, 0.15) is 33.3 Å². The van der Waals surface area contributed by atoms with Crippen molar-refractivity contribution in [1.29, 1.82) is 0 Å². The molecule has 2 N–H and O–H groups in total. The number of carbonyl (C=O) groups is 2. The monoisotopic (exact) mass is 310 g/mol. The largest absolute Gasteiger partial charge is 0.502 e. The molecule has 22 heavy (non-hydrogen) atoms. The Kier molecular flexibility index (Phi) is 4.75. The molecule has 0 spiro atoms. The summed E-state index contributed by atoms with van der Waals surface area (Å²) in [5.41, 5.74) is -2.69. The maximum Gasteiger partial charge on any atom is 0.408 e. The van der Waals surface area contributed by atoms with E-state index in [0.717, 1.165) is 12.1 Å². The summed E-state index contributed by atoms with van der Waals surface area (Å²) in [6.45, 7) is 6.36. The van der Waals surface area contributed by atoms with Crippen molar-refractivity contribution < 1.29 is 24.4 Å². The van der Waals surface area contributed by atoms with E-state index in [1.165, 1.54) is 13.0 Å². The van der Waals surface area contributed by atoms with Crippen molar-refractivity contribution in [3.05, 3.63) is 33.9 Å². The van der Waals surface area contributed by atoms with Crippen LogP contribution in [0.4, 0.5) is 10.5 Å². The van der Waals surface area contributed by atoms with Crippen LogP contribution in [0, 0.1) is 10.1 Å². The minimum absolute atomic E-state index is 0.151. The van der Waals surface area contributed by atoms with Crippen molar-refractivity contribution in [2.45, 2.75) is 38.8 Å². The molecule has 0 bridgehead atoms. The summed E-state index contributed by atoms with van der Waals surface area (Å²) in [5, 5.41) is 22.6. The highest BCUT2D eigenvalue weighted by Gasteiger charge is 2.32. The van der Waals surface area contributed by atoms with Gasteiger partial charge in [0.1, 0.15) is 17.4 Å². The molecule has 0 saturated carbocycles. The Labute approximate surface area is 127 Å². The molecular formula is C14H18N2O6. The lowest BCUT2D eigenvalue weighted by atomic mass is 9.93. The highest BCUT2D eigenvalue weighted by atomic mass is 16.6. The van der Waals surface area contributed by atoms with Crippen LogP contribution in [0.25, 0.3) is 0 Å². The molecule has 0 aliphatic rings. The summed E-state index contributed by atoms with van der Waals surface area (Å²) >= 11 is 0. The number of nitro groups is 1. The smallest absolute Gasteiger partial charge is 0.408 e. The third kappa shape index (κ3) is 4.18. The van der Waals surface area contributed by atoms with E-state index >= 15 is 0 Å². The molecule has 1 amide bonds. The molecule has 0 saturated heterocycles. The van der Waals surface area contributed by atoms with Gasteiger partial charge in [0.25, 0.3) is 0 Å². The first-order valence-electron chi connectivity index (χ1n) is 6.44. The van der Waals surface area contributed by atoms with Gasteiger partial charge in [-0.15, -0.1) is 0 Å².